The molecule has 0 bridgehead atoms. The van der Waals surface area contributed by atoms with Gasteiger partial charge in [-0.15, -0.1) is 0 Å². The van der Waals surface area contributed by atoms with E-state index in [1.165, 1.54) is 13.0 Å². The van der Waals surface area contributed by atoms with E-state index < -0.39 is 17.7 Å². The predicted molar refractivity (Wildman–Crippen MR) is 106 cm³/mol. The van der Waals surface area contributed by atoms with E-state index in [0.29, 0.717) is 49.0 Å². The lowest BCUT2D eigenvalue weighted by Crippen LogP contribution is -2.36. The van der Waals surface area contributed by atoms with E-state index in [4.69, 9.17) is 4.74 Å². The summed E-state index contributed by atoms with van der Waals surface area (Å²) in [5, 5.41) is 9.74. The third-order valence-electron chi connectivity index (χ3n) is 5.37. The first kappa shape index (κ1) is 20.2. The van der Waals surface area contributed by atoms with Gasteiger partial charge in [0.25, 0.3) is 0 Å². The number of hydrogen-bond donors (Lipinski definition) is 1. The summed E-state index contributed by atoms with van der Waals surface area (Å²) in [6.45, 7) is 5.30. The van der Waals surface area contributed by atoms with Crippen molar-refractivity contribution in [2.45, 2.75) is 20.0 Å². The average molecular weight is 419 g/mol. The second-order valence-corrected chi connectivity index (χ2v) is 7.21. The molecule has 3 aromatic rings. The van der Waals surface area contributed by atoms with E-state index in [9.17, 15) is 23.1 Å². The highest BCUT2D eigenvalue weighted by atomic mass is 19.4. The number of halogens is 3. The highest BCUT2D eigenvalue weighted by molar-refractivity contribution is 6.03. The van der Waals surface area contributed by atoms with E-state index in [-0.39, 0.29) is 16.6 Å². The number of imidazole rings is 1. The smallest absolute Gasteiger partial charge is 0.416 e. The summed E-state index contributed by atoms with van der Waals surface area (Å²) in [5.41, 5.74) is 1.03. The molecule has 158 valence electrons. The van der Waals surface area contributed by atoms with Crippen molar-refractivity contribution < 1.29 is 27.8 Å². The second-order valence-electron chi connectivity index (χ2n) is 7.21. The zero-order valence-corrected chi connectivity index (χ0v) is 16.5. The first-order valence-electron chi connectivity index (χ1n) is 9.44. The SMILES string of the molecule is Cc1c(-n2c(C)nc3c(C(=O)O)cc(N4CCOCC4)cc32)cccc1C(F)(F)F. The van der Waals surface area contributed by atoms with Crippen LogP contribution in [0.5, 0.6) is 0 Å². The summed E-state index contributed by atoms with van der Waals surface area (Å²) in [5.74, 6) is -0.727. The fraction of sp³-hybridized carbons (Fsp3) is 0.333. The highest BCUT2D eigenvalue weighted by Gasteiger charge is 2.33. The van der Waals surface area contributed by atoms with Gasteiger partial charge in [-0.1, -0.05) is 6.07 Å². The molecule has 9 heteroatoms. The largest absolute Gasteiger partial charge is 0.478 e. The number of carboxylic acid groups (broad SMARTS) is 1. The lowest BCUT2D eigenvalue weighted by molar-refractivity contribution is -0.138. The molecule has 30 heavy (non-hydrogen) atoms. The fourth-order valence-electron chi connectivity index (χ4n) is 3.92. The van der Waals surface area contributed by atoms with Crippen molar-refractivity contribution >= 4 is 22.7 Å². The van der Waals surface area contributed by atoms with Gasteiger partial charge in [-0.25, -0.2) is 9.78 Å². The summed E-state index contributed by atoms with van der Waals surface area (Å²) in [4.78, 5) is 18.3. The third kappa shape index (κ3) is 3.39. The minimum atomic E-state index is -4.49. The Morgan fingerprint density at radius 3 is 2.50 bits per heavy atom. The van der Waals surface area contributed by atoms with Crippen molar-refractivity contribution in [2.75, 3.05) is 31.2 Å². The van der Waals surface area contributed by atoms with Crippen molar-refractivity contribution in [3.05, 3.63) is 52.8 Å². The Balaban J connectivity index is 1.99. The van der Waals surface area contributed by atoms with Gasteiger partial charge >= 0.3 is 12.1 Å². The Hall–Kier alpha value is -3.07. The monoisotopic (exact) mass is 419 g/mol. The Kier molecular flexibility index (Phi) is 4.93. The fourth-order valence-corrected chi connectivity index (χ4v) is 3.92. The lowest BCUT2D eigenvalue weighted by atomic mass is 10.1. The van der Waals surface area contributed by atoms with Gasteiger partial charge in [-0.2, -0.15) is 13.2 Å². The molecule has 6 nitrogen and oxygen atoms in total. The van der Waals surface area contributed by atoms with Gasteiger partial charge in [0.1, 0.15) is 11.3 Å². The molecule has 0 spiro atoms. The van der Waals surface area contributed by atoms with Crippen molar-refractivity contribution in [2.24, 2.45) is 0 Å². The minimum absolute atomic E-state index is 0.0143. The lowest BCUT2D eigenvalue weighted by Gasteiger charge is -2.29. The van der Waals surface area contributed by atoms with E-state index in [1.807, 2.05) is 4.90 Å². The van der Waals surface area contributed by atoms with Crippen molar-refractivity contribution in [3.63, 3.8) is 0 Å². The standard InChI is InChI=1S/C21H20F3N3O3/c1-12-16(21(22,23)24)4-3-5-17(12)27-13(2)25-19-15(20(28)29)10-14(11-18(19)27)26-6-8-30-9-7-26/h3-5,10-11H,6-9H2,1-2H3,(H,28,29). The first-order valence-corrected chi connectivity index (χ1v) is 9.44. The van der Waals surface area contributed by atoms with Crippen molar-refractivity contribution in [3.8, 4) is 5.69 Å². The van der Waals surface area contributed by atoms with Crippen LogP contribution in [0.4, 0.5) is 18.9 Å². The number of aromatic nitrogens is 2. The maximum Gasteiger partial charge on any atom is 0.416 e. The molecule has 1 aliphatic rings. The van der Waals surface area contributed by atoms with Gasteiger partial charge < -0.3 is 14.7 Å². The number of aromatic carboxylic acids is 1. The number of anilines is 1. The van der Waals surface area contributed by atoms with E-state index in [2.05, 4.69) is 4.98 Å². The molecule has 0 radical (unpaired) electrons. The molecule has 0 aliphatic carbocycles. The van der Waals surface area contributed by atoms with Gasteiger partial charge in [0, 0.05) is 18.8 Å². The van der Waals surface area contributed by atoms with Gasteiger partial charge in [0.05, 0.1) is 35.5 Å². The molecule has 1 aliphatic heterocycles. The molecule has 1 aromatic heterocycles. The van der Waals surface area contributed by atoms with Crippen LogP contribution in [0.2, 0.25) is 0 Å². The highest BCUT2D eigenvalue weighted by Crippen LogP contribution is 2.36. The molecular weight excluding hydrogens is 399 g/mol. The molecule has 2 heterocycles. The second kappa shape index (κ2) is 7.32. The van der Waals surface area contributed by atoms with Crippen LogP contribution in [0.15, 0.2) is 30.3 Å². The van der Waals surface area contributed by atoms with E-state index >= 15 is 0 Å². The quantitative estimate of drug-likeness (QED) is 0.689. The zero-order valence-electron chi connectivity index (χ0n) is 16.5. The van der Waals surface area contributed by atoms with Gasteiger partial charge in [0.15, 0.2) is 0 Å². The molecular formula is C21H20F3N3O3. The number of morpholine rings is 1. The number of carboxylic acids is 1. The molecule has 0 atom stereocenters. The molecule has 1 saturated heterocycles. The number of hydrogen-bond acceptors (Lipinski definition) is 4. The van der Waals surface area contributed by atoms with Crippen LogP contribution in [0.3, 0.4) is 0 Å². The molecule has 0 amide bonds. The summed E-state index contributed by atoms with van der Waals surface area (Å²) >= 11 is 0. The number of nitrogens with zero attached hydrogens (tertiary/aromatic N) is 3. The van der Waals surface area contributed by atoms with Gasteiger partial charge in [-0.3, -0.25) is 4.57 Å². The summed E-state index contributed by atoms with van der Waals surface area (Å²) in [6, 6.07) is 7.31. The van der Waals surface area contributed by atoms with Crippen LogP contribution in [0.1, 0.15) is 27.3 Å². The average Bonchev–Trinajstić information content (AvgIpc) is 3.02. The predicted octanol–water partition coefficient (Wildman–Crippen LogP) is 4.20. The van der Waals surface area contributed by atoms with Gasteiger partial charge in [0.2, 0.25) is 0 Å². The van der Waals surface area contributed by atoms with Gasteiger partial charge in [-0.05, 0) is 43.7 Å². The Morgan fingerprint density at radius 1 is 1.17 bits per heavy atom. The molecule has 0 unspecified atom stereocenters. The Morgan fingerprint density at radius 2 is 1.87 bits per heavy atom. The Bertz CT molecular complexity index is 1130. The maximum atomic E-state index is 13.4. The van der Waals surface area contributed by atoms with Crippen LogP contribution in [-0.4, -0.2) is 46.9 Å². The van der Waals surface area contributed by atoms with Crippen molar-refractivity contribution in [1.82, 2.24) is 9.55 Å². The van der Waals surface area contributed by atoms with Crippen LogP contribution in [-0.2, 0) is 10.9 Å². The number of benzene rings is 2. The number of carbonyl (C=O) groups is 1. The summed E-state index contributed by atoms with van der Waals surface area (Å²) in [6.07, 6.45) is -4.49. The Labute approximate surface area is 170 Å². The molecule has 2 aromatic carbocycles. The summed E-state index contributed by atoms with van der Waals surface area (Å²) in [7, 11) is 0. The number of aryl methyl sites for hydroxylation is 1. The third-order valence-corrected chi connectivity index (χ3v) is 5.37. The minimum Gasteiger partial charge on any atom is -0.478 e. The number of rotatable bonds is 3. The topological polar surface area (TPSA) is 67.6 Å². The normalized spacial score (nSPS) is 15.0. The van der Waals surface area contributed by atoms with E-state index in [1.54, 1.807) is 29.7 Å². The van der Waals surface area contributed by atoms with E-state index in [0.717, 1.165) is 6.07 Å². The zero-order chi connectivity index (χ0) is 21.6. The first-order chi connectivity index (χ1) is 14.2. The molecule has 0 saturated carbocycles. The number of fused-ring (bicyclic) bond motifs is 1. The van der Waals surface area contributed by atoms with Crippen LogP contribution < -0.4 is 4.90 Å². The molecule has 1 fully saturated rings. The van der Waals surface area contributed by atoms with Crippen LogP contribution in [0.25, 0.3) is 16.7 Å². The number of ether oxygens (including phenoxy) is 1. The molecule has 1 N–H and O–H groups in total. The number of alkyl halides is 3. The molecule has 4 rings (SSSR count). The van der Waals surface area contributed by atoms with Crippen molar-refractivity contribution in [1.29, 1.82) is 0 Å². The van der Waals surface area contributed by atoms with Crippen LogP contribution in [0, 0.1) is 13.8 Å². The van der Waals surface area contributed by atoms with Crippen LogP contribution >= 0.6 is 0 Å². The maximum absolute atomic E-state index is 13.4. The summed E-state index contributed by atoms with van der Waals surface area (Å²) < 4.78 is 47.3.